The summed E-state index contributed by atoms with van der Waals surface area (Å²) in [4.78, 5) is 0. The first-order valence-corrected chi connectivity index (χ1v) is 6.73. The Morgan fingerprint density at radius 2 is 1.40 bits per heavy atom. The Kier molecular flexibility index (Phi) is 12.0. The van der Waals surface area contributed by atoms with Gasteiger partial charge in [0.05, 0.1) is 0 Å². The topological polar surface area (TPSA) is 21.3 Å². The number of rotatable bonds is 11. The maximum Gasteiger partial charge on any atom is 0.321 e. The first-order chi connectivity index (χ1) is 7.35. The van der Waals surface area contributed by atoms with Gasteiger partial charge in [-0.25, -0.2) is 5.48 Å². The molecule has 0 saturated heterocycles. The summed E-state index contributed by atoms with van der Waals surface area (Å²) in [5.74, 6) is 0. The van der Waals surface area contributed by atoms with E-state index in [1.807, 2.05) is 0 Å². The molecule has 0 aliphatic rings. The van der Waals surface area contributed by atoms with E-state index in [4.69, 9.17) is 4.76 Å². The van der Waals surface area contributed by atoms with Gasteiger partial charge in [-0.15, -0.1) is 0 Å². The summed E-state index contributed by atoms with van der Waals surface area (Å²) in [6.07, 6.45) is 9.93. The van der Waals surface area contributed by atoms with Crippen molar-refractivity contribution in [3.8, 4) is 0 Å². The molecule has 0 amide bonds. The lowest BCUT2D eigenvalue weighted by molar-refractivity contribution is 0.191. The van der Waals surface area contributed by atoms with Gasteiger partial charge in [-0.1, -0.05) is 52.9 Å². The summed E-state index contributed by atoms with van der Waals surface area (Å²) >= 11 is 0. The van der Waals surface area contributed by atoms with E-state index in [0.717, 1.165) is 6.54 Å². The van der Waals surface area contributed by atoms with Gasteiger partial charge < -0.3 is 4.76 Å². The molecule has 0 aromatic heterocycles. The fourth-order valence-electron chi connectivity index (χ4n) is 1.55. The van der Waals surface area contributed by atoms with E-state index in [9.17, 15) is 0 Å². The lowest BCUT2D eigenvalue weighted by atomic mass is 9.59. The molecule has 0 spiro atoms. The molecule has 0 bridgehead atoms. The predicted molar refractivity (Wildman–Crippen MR) is 69.2 cm³/mol. The summed E-state index contributed by atoms with van der Waals surface area (Å²) < 4.78 is 5.70. The Balaban J connectivity index is 3.49. The molecular formula is C12H28BNO. The van der Waals surface area contributed by atoms with Crippen molar-refractivity contribution < 1.29 is 4.76 Å². The van der Waals surface area contributed by atoms with Gasteiger partial charge in [-0.05, 0) is 19.1 Å². The Morgan fingerprint density at radius 1 is 0.867 bits per heavy atom. The van der Waals surface area contributed by atoms with Crippen LogP contribution in [-0.4, -0.2) is 13.5 Å². The van der Waals surface area contributed by atoms with Gasteiger partial charge in [0.1, 0.15) is 0 Å². The summed E-state index contributed by atoms with van der Waals surface area (Å²) in [6, 6.07) is 0. The highest BCUT2D eigenvalue weighted by Crippen LogP contribution is 2.09. The first-order valence-electron chi connectivity index (χ1n) is 6.73. The normalized spacial score (nSPS) is 10.6. The average Bonchev–Trinajstić information content (AvgIpc) is 2.27. The summed E-state index contributed by atoms with van der Waals surface area (Å²) in [5, 5.41) is 0. The number of unbranched alkanes of at least 4 members (excludes halogenated alkanes) is 3. The fourth-order valence-corrected chi connectivity index (χ4v) is 1.55. The van der Waals surface area contributed by atoms with Gasteiger partial charge in [0.25, 0.3) is 0 Å². The molecule has 0 unspecified atom stereocenters. The molecule has 0 heterocycles. The molecule has 0 aromatic rings. The minimum atomic E-state index is 0.432. The largest absolute Gasteiger partial charge is 0.363 e. The second-order valence-electron chi connectivity index (χ2n) is 4.27. The van der Waals surface area contributed by atoms with Crippen LogP contribution in [0.4, 0.5) is 0 Å². The van der Waals surface area contributed by atoms with E-state index < -0.39 is 0 Å². The van der Waals surface area contributed by atoms with Crippen LogP contribution in [-0.2, 0) is 4.76 Å². The summed E-state index contributed by atoms with van der Waals surface area (Å²) in [5.41, 5.74) is 3.10. The monoisotopic (exact) mass is 213 g/mol. The Hall–Kier alpha value is -0.0151. The van der Waals surface area contributed by atoms with Crippen molar-refractivity contribution in [2.24, 2.45) is 0 Å². The van der Waals surface area contributed by atoms with Crippen LogP contribution in [0.15, 0.2) is 0 Å². The third-order valence-electron chi connectivity index (χ3n) is 2.64. The third kappa shape index (κ3) is 10.3. The van der Waals surface area contributed by atoms with Crippen LogP contribution in [0.2, 0.25) is 12.6 Å². The SMILES string of the molecule is CCCCNOB(CCCC)CCCC. The van der Waals surface area contributed by atoms with Gasteiger partial charge in [0.2, 0.25) is 0 Å². The zero-order chi connectivity index (χ0) is 11.4. The van der Waals surface area contributed by atoms with Crippen LogP contribution >= 0.6 is 0 Å². The van der Waals surface area contributed by atoms with Crippen LogP contribution in [0.5, 0.6) is 0 Å². The van der Waals surface area contributed by atoms with E-state index in [1.165, 1.54) is 51.2 Å². The van der Waals surface area contributed by atoms with Gasteiger partial charge in [-0.3, -0.25) is 0 Å². The maximum absolute atomic E-state index is 5.70. The molecule has 0 saturated carbocycles. The zero-order valence-corrected chi connectivity index (χ0v) is 10.8. The predicted octanol–water partition coefficient (Wildman–Crippen LogP) is 3.90. The van der Waals surface area contributed by atoms with Crippen molar-refractivity contribution in [3.05, 3.63) is 0 Å². The molecule has 2 nitrogen and oxygen atoms in total. The van der Waals surface area contributed by atoms with E-state index in [-0.39, 0.29) is 0 Å². The van der Waals surface area contributed by atoms with Crippen molar-refractivity contribution in [1.82, 2.24) is 5.48 Å². The second-order valence-corrected chi connectivity index (χ2v) is 4.27. The molecule has 0 fully saturated rings. The lowest BCUT2D eigenvalue weighted by Crippen LogP contribution is -2.28. The highest BCUT2D eigenvalue weighted by molar-refractivity contribution is 6.51. The number of hydroxylamine groups is 1. The molecule has 0 aliphatic carbocycles. The molecule has 0 rings (SSSR count). The highest BCUT2D eigenvalue weighted by atomic mass is 16.6. The van der Waals surface area contributed by atoms with E-state index in [1.54, 1.807) is 0 Å². The van der Waals surface area contributed by atoms with Crippen molar-refractivity contribution in [1.29, 1.82) is 0 Å². The van der Waals surface area contributed by atoms with Crippen LogP contribution < -0.4 is 5.48 Å². The molecule has 90 valence electrons. The van der Waals surface area contributed by atoms with E-state index >= 15 is 0 Å². The second kappa shape index (κ2) is 12.1. The van der Waals surface area contributed by atoms with Crippen molar-refractivity contribution in [2.75, 3.05) is 6.54 Å². The maximum atomic E-state index is 5.70. The Bertz CT molecular complexity index is 114. The van der Waals surface area contributed by atoms with E-state index in [0.29, 0.717) is 6.92 Å². The minimum absolute atomic E-state index is 0.432. The van der Waals surface area contributed by atoms with Gasteiger partial charge >= 0.3 is 6.92 Å². The Labute approximate surface area is 96.2 Å². The standard InChI is InChI=1S/C12H28BNO/c1-4-7-10-13(11-8-5-2)15-14-12-9-6-3/h14H,4-12H2,1-3H3. The molecule has 0 aliphatic heterocycles. The van der Waals surface area contributed by atoms with E-state index in [2.05, 4.69) is 26.3 Å². The molecular weight excluding hydrogens is 185 g/mol. The minimum Gasteiger partial charge on any atom is -0.363 e. The summed E-state index contributed by atoms with van der Waals surface area (Å²) in [6.45, 7) is 8.10. The molecule has 0 aromatic carbocycles. The highest BCUT2D eigenvalue weighted by Gasteiger charge is 2.14. The van der Waals surface area contributed by atoms with Crippen LogP contribution in [0, 0.1) is 0 Å². The molecule has 1 N–H and O–H groups in total. The zero-order valence-electron chi connectivity index (χ0n) is 10.8. The first kappa shape index (κ1) is 15.0. The van der Waals surface area contributed by atoms with Crippen molar-refractivity contribution in [2.45, 2.75) is 71.9 Å². The molecule has 15 heavy (non-hydrogen) atoms. The van der Waals surface area contributed by atoms with Gasteiger partial charge in [-0.2, -0.15) is 0 Å². The van der Waals surface area contributed by atoms with Crippen LogP contribution in [0.3, 0.4) is 0 Å². The van der Waals surface area contributed by atoms with Crippen LogP contribution in [0.25, 0.3) is 0 Å². The van der Waals surface area contributed by atoms with Gasteiger partial charge in [0, 0.05) is 6.54 Å². The van der Waals surface area contributed by atoms with Crippen molar-refractivity contribution >= 4 is 6.92 Å². The smallest absolute Gasteiger partial charge is 0.321 e. The molecule has 0 atom stereocenters. The van der Waals surface area contributed by atoms with Crippen LogP contribution in [0.1, 0.15) is 59.3 Å². The lowest BCUT2D eigenvalue weighted by Gasteiger charge is -2.14. The quantitative estimate of drug-likeness (QED) is 0.319. The molecule has 3 heteroatoms. The summed E-state index contributed by atoms with van der Waals surface area (Å²) in [7, 11) is 0. The average molecular weight is 213 g/mol. The number of nitrogens with one attached hydrogen (secondary N) is 1. The number of hydrogen-bond acceptors (Lipinski definition) is 2. The van der Waals surface area contributed by atoms with Gasteiger partial charge in [0.15, 0.2) is 0 Å². The third-order valence-corrected chi connectivity index (χ3v) is 2.64. The Morgan fingerprint density at radius 3 is 1.87 bits per heavy atom. The molecule has 0 radical (unpaired) electrons. The van der Waals surface area contributed by atoms with Crippen molar-refractivity contribution in [3.63, 3.8) is 0 Å². The number of hydrogen-bond donors (Lipinski definition) is 1. The fraction of sp³-hybridized carbons (Fsp3) is 1.00.